The van der Waals surface area contributed by atoms with Gasteiger partial charge in [-0.25, -0.2) is 4.98 Å². The van der Waals surface area contributed by atoms with Crippen molar-refractivity contribution in [1.29, 1.82) is 0 Å². The number of hydrogen-bond donors (Lipinski definition) is 2. The Morgan fingerprint density at radius 3 is 2.88 bits per heavy atom. The number of carboxylic acid groups (broad SMARTS) is 1. The Kier molecular flexibility index (Phi) is 5.62. The molecule has 0 aliphatic rings. The number of rotatable bonds is 7. The van der Waals surface area contributed by atoms with Crippen molar-refractivity contribution in [2.75, 3.05) is 6.54 Å². The molecule has 1 aromatic rings. The van der Waals surface area contributed by atoms with Gasteiger partial charge in [-0.15, -0.1) is 11.3 Å². The topological polar surface area (TPSA) is 79.3 Å². The molecule has 0 fully saturated rings. The number of amides is 1. The number of nitrogens with zero attached hydrogens (tertiary/aromatic N) is 1. The fourth-order valence-electron chi connectivity index (χ4n) is 1.44. The number of thiazole rings is 1. The van der Waals surface area contributed by atoms with Gasteiger partial charge in [0.1, 0.15) is 0 Å². The van der Waals surface area contributed by atoms with Crippen LogP contribution in [0.2, 0.25) is 0 Å². The average molecular weight is 256 g/mol. The van der Waals surface area contributed by atoms with Gasteiger partial charge in [0.15, 0.2) is 0 Å². The Morgan fingerprint density at radius 2 is 2.29 bits per heavy atom. The van der Waals surface area contributed by atoms with E-state index in [1.165, 1.54) is 0 Å². The molecule has 1 heterocycles. The first-order chi connectivity index (χ1) is 8.08. The first-order valence-electron chi connectivity index (χ1n) is 5.44. The summed E-state index contributed by atoms with van der Waals surface area (Å²) in [7, 11) is 0. The van der Waals surface area contributed by atoms with Crippen LogP contribution < -0.4 is 5.32 Å². The van der Waals surface area contributed by atoms with Gasteiger partial charge in [-0.1, -0.05) is 6.92 Å². The van der Waals surface area contributed by atoms with Gasteiger partial charge in [-0.2, -0.15) is 0 Å². The molecule has 1 atom stereocenters. The lowest BCUT2D eigenvalue weighted by Crippen LogP contribution is -2.27. The molecule has 0 bridgehead atoms. The maximum atomic E-state index is 11.4. The molecule has 6 heteroatoms. The normalized spacial score (nSPS) is 12.1. The van der Waals surface area contributed by atoms with Crippen molar-refractivity contribution in [2.24, 2.45) is 5.92 Å². The van der Waals surface area contributed by atoms with Crippen LogP contribution in [0, 0.1) is 5.92 Å². The second kappa shape index (κ2) is 7.01. The van der Waals surface area contributed by atoms with Gasteiger partial charge in [0.25, 0.3) is 0 Å². The molecule has 0 aliphatic carbocycles. The highest BCUT2D eigenvalue weighted by Crippen LogP contribution is 2.07. The molecular formula is C11H16N2O3S. The summed E-state index contributed by atoms with van der Waals surface area (Å²) >= 11 is 1.56. The third-order valence-corrected chi connectivity index (χ3v) is 3.04. The Labute approximate surface area is 104 Å². The number of nitrogens with one attached hydrogen (secondary N) is 1. The van der Waals surface area contributed by atoms with Crippen LogP contribution in [0.4, 0.5) is 0 Å². The molecule has 0 aliphatic heterocycles. The highest BCUT2D eigenvalue weighted by molar-refractivity contribution is 7.09. The van der Waals surface area contributed by atoms with Crippen LogP contribution in [0.25, 0.3) is 0 Å². The molecule has 0 aromatic carbocycles. The lowest BCUT2D eigenvalue weighted by Gasteiger charge is -2.08. The van der Waals surface area contributed by atoms with Crippen LogP contribution in [0.3, 0.4) is 0 Å². The average Bonchev–Trinajstić information content (AvgIpc) is 2.68. The minimum Gasteiger partial charge on any atom is -0.481 e. The van der Waals surface area contributed by atoms with Gasteiger partial charge in [0.2, 0.25) is 5.91 Å². The van der Waals surface area contributed by atoms with E-state index in [0.29, 0.717) is 6.54 Å². The fourth-order valence-corrected chi connectivity index (χ4v) is 2.06. The van der Waals surface area contributed by atoms with Crippen molar-refractivity contribution in [3.63, 3.8) is 0 Å². The predicted molar refractivity (Wildman–Crippen MR) is 64.9 cm³/mol. The summed E-state index contributed by atoms with van der Waals surface area (Å²) in [5, 5.41) is 14.2. The predicted octanol–water partition coefficient (Wildman–Crippen LogP) is 1.30. The third-order valence-electron chi connectivity index (χ3n) is 2.20. The van der Waals surface area contributed by atoms with Crippen LogP contribution in [0.15, 0.2) is 11.6 Å². The zero-order valence-corrected chi connectivity index (χ0v) is 10.5. The molecule has 17 heavy (non-hydrogen) atoms. The van der Waals surface area contributed by atoms with E-state index >= 15 is 0 Å². The maximum Gasteiger partial charge on any atom is 0.303 e. The molecule has 1 amide bonds. The Bertz CT molecular complexity index is 365. The summed E-state index contributed by atoms with van der Waals surface area (Å²) in [4.78, 5) is 26.0. The highest BCUT2D eigenvalue weighted by Gasteiger charge is 2.12. The highest BCUT2D eigenvalue weighted by atomic mass is 32.1. The largest absolute Gasteiger partial charge is 0.481 e. The lowest BCUT2D eigenvalue weighted by atomic mass is 10.0. The van der Waals surface area contributed by atoms with Gasteiger partial charge in [0.05, 0.1) is 5.01 Å². The molecule has 0 saturated heterocycles. The van der Waals surface area contributed by atoms with E-state index in [4.69, 9.17) is 5.11 Å². The van der Waals surface area contributed by atoms with Gasteiger partial charge < -0.3 is 10.4 Å². The molecule has 0 radical (unpaired) electrons. The summed E-state index contributed by atoms with van der Waals surface area (Å²) < 4.78 is 0. The Hall–Kier alpha value is -1.43. The molecule has 0 saturated carbocycles. The first-order valence-corrected chi connectivity index (χ1v) is 6.32. The van der Waals surface area contributed by atoms with Gasteiger partial charge in [-0.3, -0.25) is 9.59 Å². The van der Waals surface area contributed by atoms with E-state index < -0.39 is 5.97 Å². The number of aliphatic carboxylic acids is 1. The minimum atomic E-state index is -0.868. The molecule has 0 spiro atoms. The van der Waals surface area contributed by atoms with E-state index in [1.807, 2.05) is 5.38 Å². The fraction of sp³-hybridized carbons (Fsp3) is 0.545. The lowest BCUT2D eigenvalue weighted by molar-refractivity contribution is -0.138. The van der Waals surface area contributed by atoms with Crippen LogP contribution in [0.5, 0.6) is 0 Å². The molecule has 1 aromatic heterocycles. The van der Waals surface area contributed by atoms with Crippen molar-refractivity contribution in [3.05, 3.63) is 16.6 Å². The van der Waals surface area contributed by atoms with E-state index in [0.717, 1.165) is 11.4 Å². The van der Waals surface area contributed by atoms with E-state index in [1.54, 1.807) is 24.5 Å². The standard InChI is InChI=1S/C11H16N2O3S/c1-8(7-11(15)16)6-9(14)12-3-2-10-13-4-5-17-10/h4-5,8H,2-3,6-7H2,1H3,(H,12,14)(H,15,16). The zero-order chi connectivity index (χ0) is 12.7. The summed E-state index contributed by atoms with van der Waals surface area (Å²) in [6, 6.07) is 0. The zero-order valence-electron chi connectivity index (χ0n) is 9.68. The first kappa shape index (κ1) is 13.6. The number of hydrogen-bond acceptors (Lipinski definition) is 4. The van der Waals surface area contributed by atoms with Gasteiger partial charge in [-0.05, 0) is 5.92 Å². The van der Waals surface area contributed by atoms with E-state index in [2.05, 4.69) is 10.3 Å². The molecular weight excluding hydrogens is 240 g/mol. The van der Waals surface area contributed by atoms with E-state index in [-0.39, 0.29) is 24.7 Å². The minimum absolute atomic E-state index is 0.0277. The van der Waals surface area contributed by atoms with Gasteiger partial charge in [0, 0.05) is 37.4 Å². The number of carboxylic acids is 1. The number of carbonyl (C=O) groups excluding carboxylic acids is 1. The molecule has 5 nitrogen and oxygen atoms in total. The van der Waals surface area contributed by atoms with Crippen molar-refractivity contribution >= 4 is 23.2 Å². The van der Waals surface area contributed by atoms with E-state index in [9.17, 15) is 9.59 Å². The van der Waals surface area contributed by atoms with Crippen LogP contribution >= 0.6 is 11.3 Å². The molecule has 2 N–H and O–H groups in total. The number of aromatic nitrogens is 1. The van der Waals surface area contributed by atoms with Crippen LogP contribution in [-0.4, -0.2) is 28.5 Å². The van der Waals surface area contributed by atoms with Gasteiger partial charge >= 0.3 is 5.97 Å². The second-order valence-corrected chi connectivity index (χ2v) is 4.91. The molecule has 1 unspecified atom stereocenters. The summed E-state index contributed by atoms with van der Waals surface area (Å²) in [6.45, 7) is 2.31. The SMILES string of the molecule is CC(CC(=O)O)CC(=O)NCCc1nccs1. The van der Waals surface area contributed by atoms with Crippen molar-refractivity contribution < 1.29 is 14.7 Å². The smallest absolute Gasteiger partial charge is 0.303 e. The summed E-state index contributed by atoms with van der Waals surface area (Å²) in [5.41, 5.74) is 0. The van der Waals surface area contributed by atoms with Crippen molar-refractivity contribution in [1.82, 2.24) is 10.3 Å². The summed E-state index contributed by atoms with van der Waals surface area (Å²) in [5.74, 6) is -1.10. The maximum absolute atomic E-state index is 11.4. The van der Waals surface area contributed by atoms with Crippen molar-refractivity contribution in [3.8, 4) is 0 Å². The Morgan fingerprint density at radius 1 is 1.53 bits per heavy atom. The monoisotopic (exact) mass is 256 g/mol. The quantitative estimate of drug-likeness (QED) is 0.770. The third kappa shape index (κ3) is 6.01. The van der Waals surface area contributed by atoms with Crippen LogP contribution in [-0.2, 0) is 16.0 Å². The van der Waals surface area contributed by atoms with Crippen LogP contribution in [0.1, 0.15) is 24.8 Å². The Balaban J connectivity index is 2.14. The molecule has 94 valence electrons. The molecule has 1 rings (SSSR count). The van der Waals surface area contributed by atoms with Crippen molar-refractivity contribution in [2.45, 2.75) is 26.2 Å². The second-order valence-electron chi connectivity index (χ2n) is 3.93. The number of carbonyl (C=O) groups is 2. The summed E-state index contributed by atoms with van der Waals surface area (Å²) in [6.07, 6.45) is 2.73.